The fourth-order valence-corrected chi connectivity index (χ4v) is 5.07. The molecule has 1 aromatic heterocycles. The summed E-state index contributed by atoms with van der Waals surface area (Å²) in [6.45, 7) is 0. The van der Waals surface area contributed by atoms with Crippen LogP contribution >= 0.6 is 11.3 Å². The number of hydrogen-bond donors (Lipinski definition) is 1. The summed E-state index contributed by atoms with van der Waals surface area (Å²) in [5.74, 6) is -1.53. The normalized spacial score (nSPS) is 14.3. The van der Waals surface area contributed by atoms with Gasteiger partial charge in [0.2, 0.25) is 11.8 Å². The summed E-state index contributed by atoms with van der Waals surface area (Å²) in [6, 6.07) is 14.8. The van der Waals surface area contributed by atoms with Crippen LogP contribution in [-0.2, 0) is 20.7 Å². The third kappa shape index (κ3) is 5.95. The Hall–Kier alpha value is -3.52. The zero-order chi connectivity index (χ0) is 24.8. The Morgan fingerprint density at radius 2 is 1.74 bits per heavy atom. The number of carbonyl (C=O) groups is 3. The van der Waals surface area contributed by atoms with Gasteiger partial charge in [-0.3, -0.25) is 14.5 Å². The molecule has 4 rings (SSSR count). The van der Waals surface area contributed by atoms with Crippen LogP contribution in [0.15, 0.2) is 66.0 Å². The number of nitrogens with zero attached hydrogens (tertiary/aromatic N) is 1. The number of nitrogens with one attached hydrogen (secondary N) is 1. The van der Waals surface area contributed by atoms with Gasteiger partial charge in [-0.05, 0) is 66.2 Å². The SMILES string of the molecule is COC(=O)c1ccc(N(C(=O)Cc2cccs2)[C@@H](C(=O)NC2CCCC2)c2ccc(F)cc2)cc1. The molecule has 0 aliphatic heterocycles. The van der Waals surface area contributed by atoms with Crippen LogP contribution in [0.1, 0.15) is 52.5 Å². The van der Waals surface area contributed by atoms with Crippen molar-refractivity contribution in [2.75, 3.05) is 12.0 Å². The molecule has 0 spiro atoms. The molecule has 1 heterocycles. The highest BCUT2D eigenvalue weighted by atomic mass is 32.1. The molecule has 1 atom stereocenters. The Morgan fingerprint density at radius 3 is 2.34 bits per heavy atom. The molecule has 1 N–H and O–H groups in total. The summed E-state index contributed by atoms with van der Waals surface area (Å²) in [7, 11) is 1.30. The number of thiophene rings is 1. The molecule has 0 unspecified atom stereocenters. The molecule has 1 fully saturated rings. The maximum Gasteiger partial charge on any atom is 0.337 e. The van der Waals surface area contributed by atoms with Gasteiger partial charge in [0.15, 0.2) is 0 Å². The van der Waals surface area contributed by atoms with Crippen LogP contribution in [0.3, 0.4) is 0 Å². The molecule has 3 aromatic rings. The van der Waals surface area contributed by atoms with E-state index in [1.54, 1.807) is 24.3 Å². The Kier molecular flexibility index (Phi) is 7.92. The highest BCUT2D eigenvalue weighted by molar-refractivity contribution is 7.10. The van der Waals surface area contributed by atoms with Gasteiger partial charge >= 0.3 is 5.97 Å². The van der Waals surface area contributed by atoms with E-state index in [4.69, 9.17) is 4.74 Å². The van der Waals surface area contributed by atoms with Crippen molar-refractivity contribution >= 4 is 34.8 Å². The van der Waals surface area contributed by atoms with E-state index in [-0.39, 0.29) is 24.3 Å². The molecule has 8 heteroatoms. The smallest absolute Gasteiger partial charge is 0.337 e. The van der Waals surface area contributed by atoms with E-state index in [2.05, 4.69) is 5.32 Å². The van der Waals surface area contributed by atoms with Gasteiger partial charge < -0.3 is 10.1 Å². The highest BCUT2D eigenvalue weighted by Gasteiger charge is 2.34. The zero-order valence-corrected chi connectivity index (χ0v) is 20.2. The van der Waals surface area contributed by atoms with Gasteiger partial charge in [-0.2, -0.15) is 0 Å². The van der Waals surface area contributed by atoms with Crippen LogP contribution in [-0.4, -0.2) is 30.9 Å². The van der Waals surface area contributed by atoms with E-state index in [0.717, 1.165) is 30.6 Å². The van der Waals surface area contributed by atoms with E-state index in [1.165, 1.54) is 47.6 Å². The van der Waals surface area contributed by atoms with Crippen molar-refractivity contribution in [1.82, 2.24) is 5.32 Å². The monoisotopic (exact) mass is 494 g/mol. The van der Waals surface area contributed by atoms with E-state index < -0.39 is 17.8 Å². The summed E-state index contributed by atoms with van der Waals surface area (Å²) in [4.78, 5) is 41.6. The van der Waals surface area contributed by atoms with Gasteiger partial charge in [-0.15, -0.1) is 11.3 Å². The molecule has 182 valence electrons. The highest BCUT2D eigenvalue weighted by Crippen LogP contribution is 2.31. The van der Waals surface area contributed by atoms with E-state index >= 15 is 0 Å². The largest absolute Gasteiger partial charge is 0.465 e. The van der Waals surface area contributed by atoms with Gasteiger partial charge in [0.1, 0.15) is 11.9 Å². The van der Waals surface area contributed by atoms with Crippen molar-refractivity contribution in [3.63, 3.8) is 0 Å². The van der Waals surface area contributed by atoms with Crippen molar-refractivity contribution in [1.29, 1.82) is 0 Å². The average Bonchev–Trinajstić information content (AvgIpc) is 3.57. The van der Waals surface area contributed by atoms with Crippen LogP contribution in [0.4, 0.5) is 10.1 Å². The first kappa shape index (κ1) is 24.6. The topological polar surface area (TPSA) is 75.7 Å². The molecule has 2 amide bonds. The number of methoxy groups -OCH3 is 1. The lowest BCUT2D eigenvalue weighted by Crippen LogP contribution is -2.46. The standard InChI is InChI=1S/C27H27FN2O4S/c1-34-27(33)19-10-14-22(15-11-19)30(24(31)17-23-7-4-16-35-23)25(18-8-12-20(28)13-9-18)26(32)29-21-5-2-3-6-21/h4,7-16,21,25H,2-3,5-6,17H2,1H3,(H,29,32)/t25-/m1/s1. The summed E-state index contributed by atoms with van der Waals surface area (Å²) < 4.78 is 18.5. The van der Waals surface area contributed by atoms with Gasteiger partial charge in [0, 0.05) is 16.6 Å². The number of carbonyl (C=O) groups excluding carboxylic acids is 3. The molecule has 1 saturated carbocycles. The van der Waals surface area contributed by atoms with Crippen LogP contribution in [0, 0.1) is 5.82 Å². The minimum absolute atomic E-state index is 0.0430. The third-order valence-corrected chi connectivity index (χ3v) is 7.01. The quantitative estimate of drug-likeness (QED) is 0.445. The lowest BCUT2D eigenvalue weighted by molar-refractivity contribution is -0.127. The van der Waals surface area contributed by atoms with Gasteiger partial charge in [0.05, 0.1) is 19.1 Å². The number of anilines is 1. The summed E-state index contributed by atoms with van der Waals surface area (Å²) >= 11 is 1.46. The number of benzene rings is 2. The van der Waals surface area contributed by atoms with Crippen molar-refractivity contribution in [3.8, 4) is 0 Å². The Morgan fingerprint density at radius 1 is 1.06 bits per heavy atom. The van der Waals surface area contributed by atoms with Gasteiger partial charge in [-0.1, -0.05) is 31.0 Å². The summed E-state index contributed by atoms with van der Waals surface area (Å²) in [5, 5.41) is 4.99. The molecular formula is C27H27FN2O4S. The summed E-state index contributed by atoms with van der Waals surface area (Å²) in [6.07, 6.45) is 3.97. The molecule has 0 bridgehead atoms. The first-order chi connectivity index (χ1) is 17.0. The second-order valence-corrected chi connectivity index (χ2v) is 9.53. The van der Waals surface area contributed by atoms with Crippen molar-refractivity contribution in [3.05, 3.63) is 87.9 Å². The maximum absolute atomic E-state index is 13.7. The Labute approximate surface area is 207 Å². The third-order valence-electron chi connectivity index (χ3n) is 6.13. The molecule has 1 aliphatic rings. The number of amides is 2. The average molecular weight is 495 g/mol. The molecule has 6 nitrogen and oxygen atoms in total. The minimum Gasteiger partial charge on any atom is -0.465 e. The summed E-state index contributed by atoms with van der Waals surface area (Å²) in [5.41, 5.74) is 1.28. The van der Waals surface area contributed by atoms with E-state index in [1.807, 2.05) is 17.5 Å². The molecule has 2 aromatic carbocycles. The zero-order valence-electron chi connectivity index (χ0n) is 19.4. The van der Waals surface area contributed by atoms with E-state index in [0.29, 0.717) is 16.8 Å². The number of halogens is 1. The van der Waals surface area contributed by atoms with Gasteiger partial charge in [-0.25, -0.2) is 9.18 Å². The first-order valence-corrected chi connectivity index (χ1v) is 12.4. The second kappa shape index (κ2) is 11.3. The lowest BCUT2D eigenvalue weighted by Gasteiger charge is -2.32. The fraction of sp³-hybridized carbons (Fsp3) is 0.296. The predicted octanol–water partition coefficient (Wildman–Crippen LogP) is 5.05. The molecule has 35 heavy (non-hydrogen) atoms. The molecule has 0 radical (unpaired) electrons. The number of ether oxygens (including phenoxy) is 1. The fourth-order valence-electron chi connectivity index (χ4n) is 4.37. The molecular weight excluding hydrogens is 467 g/mol. The molecule has 1 aliphatic carbocycles. The maximum atomic E-state index is 13.7. The van der Waals surface area contributed by atoms with Gasteiger partial charge in [0.25, 0.3) is 0 Å². The van der Waals surface area contributed by atoms with Crippen LogP contribution < -0.4 is 10.2 Å². The van der Waals surface area contributed by atoms with Crippen molar-refractivity contribution < 1.29 is 23.5 Å². The number of rotatable bonds is 8. The van der Waals surface area contributed by atoms with Crippen LogP contribution in [0.25, 0.3) is 0 Å². The van der Waals surface area contributed by atoms with Crippen molar-refractivity contribution in [2.24, 2.45) is 0 Å². The molecule has 0 saturated heterocycles. The predicted molar refractivity (Wildman–Crippen MR) is 133 cm³/mol. The van der Waals surface area contributed by atoms with Crippen molar-refractivity contribution in [2.45, 2.75) is 44.2 Å². The number of hydrogen-bond acceptors (Lipinski definition) is 5. The number of esters is 1. The Bertz CT molecular complexity index is 1160. The lowest BCUT2D eigenvalue weighted by atomic mass is 10.0. The van der Waals surface area contributed by atoms with Crippen LogP contribution in [0.2, 0.25) is 0 Å². The van der Waals surface area contributed by atoms with E-state index in [9.17, 15) is 18.8 Å². The Balaban J connectivity index is 1.75. The minimum atomic E-state index is -1.01. The second-order valence-electron chi connectivity index (χ2n) is 8.50. The first-order valence-electron chi connectivity index (χ1n) is 11.5. The van der Waals surface area contributed by atoms with Crippen LogP contribution in [0.5, 0.6) is 0 Å².